The molecule has 0 aliphatic rings. The molecule has 0 radical (unpaired) electrons. The summed E-state index contributed by atoms with van der Waals surface area (Å²) >= 11 is 4.62. The number of rotatable bonds is 3. The van der Waals surface area contributed by atoms with E-state index in [2.05, 4.69) is 12.2 Å². The van der Waals surface area contributed by atoms with Gasteiger partial charge in [-0.1, -0.05) is 12.2 Å². The number of nitrogens with one attached hydrogen (secondary N) is 2. The molecular formula is C10H9F4N3OS. The van der Waals surface area contributed by atoms with Gasteiger partial charge >= 0.3 is 12.2 Å². The molecule has 2 amide bonds. The fourth-order valence-corrected chi connectivity index (χ4v) is 1.24. The number of urea groups is 1. The summed E-state index contributed by atoms with van der Waals surface area (Å²) in [7, 11) is 0. The second-order valence-corrected chi connectivity index (χ2v) is 3.92. The van der Waals surface area contributed by atoms with Crippen molar-refractivity contribution in [1.29, 1.82) is 0 Å². The molecule has 0 heterocycles. The third-order valence-electron chi connectivity index (χ3n) is 1.95. The molecule has 0 atom stereocenters. The molecule has 19 heavy (non-hydrogen) atoms. The van der Waals surface area contributed by atoms with Crippen LogP contribution in [-0.2, 0) is 0 Å². The van der Waals surface area contributed by atoms with E-state index >= 15 is 0 Å². The lowest BCUT2D eigenvalue weighted by Gasteiger charge is -2.10. The average molecular weight is 295 g/mol. The highest BCUT2D eigenvalue weighted by molar-refractivity contribution is 7.80. The number of alkyl halides is 3. The lowest BCUT2D eigenvalue weighted by Crippen LogP contribution is -2.36. The van der Waals surface area contributed by atoms with E-state index in [1.54, 1.807) is 5.32 Å². The molecule has 0 bridgehead atoms. The first-order chi connectivity index (χ1) is 8.69. The molecule has 104 valence electrons. The molecular weight excluding hydrogens is 286 g/mol. The van der Waals surface area contributed by atoms with E-state index < -0.39 is 24.6 Å². The molecule has 0 aliphatic heterocycles. The zero-order valence-corrected chi connectivity index (χ0v) is 10.2. The highest BCUT2D eigenvalue weighted by Gasteiger charge is 2.27. The Morgan fingerprint density at radius 2 is 2.00 bits per heavy atom. The number of carbonyl (C=O) groups is 1. The van der Waals surface area contributed by atoms with Crippen molar-refractivity contribution >= 4 is 28.9 Å². The smallest absolute Gasteiger partial charge is 0.389 e. The fraction of sp³-hybridized carbons (Fsp3) is 0.200. The predicted molar refractivity (Wildman–Crippen MR) is 65.4 cm³/mol. The molecule has 9 heteroatoms. The summed E-state index contributed by atoms with van der Waals surface area (Å²) in [6.07, 6.45) is -4.54. The zero-order valence-electron chi connectivity index (χ0n) is 9.34. The quantitative estimate of drug-likeness (QED) is 0.591. The number of carbonyl (C=O) groups excluding carboxylic acids is 1. The van der Waals surface area contributed by atoms with E-state index in [9.17, 15) is 22.4 Å². The predicted octanol–water partition coefficient (Wildman–Crippen LogP) is 2.14. The molecule has 0 saturated heterocycles. The number of nitrogens with two attached hydrogens (primary N) is 1. The first kappa shape index (κ1) is 15.2. The van der Waals surface area contributed by atoms with Crippen molar-refractivity contribution in [2.24, 2.45) is 5.73 Å². The Morgan fingerprint density at radius 1 is 1.37 bits per heavy atom. The third kappa shape index (κ3) is 5.08. The molecule has 0 fully saturated rings. The topological polar surface area (TPSA) is 67.1 Å². The summed E-state index contributed by atoms with van der Waals surface area (Å²) in [5.74, 6) is -0.854. The van der Waals surface area contributed by atoms with Crippen LogP contribution >= 0.6 is 12.2 Å². The van der Waals surface area contributed by atoms with Gasteiger partial charge in [-0.25, -0.2) is 9.18 Å². The van der Waals surface area contributed by atoms with Crippen LogP contribution in [0.3, 0.4) is 0 Å². The minimum absolute atomic E-state index is 0.0352. The fourth-order valence-electron chi connectivity index (χ4n) is 1.12. The van der Waals surface area contributed by atoms with Gasteiger partial charge in [-0.15, -0.1) is 0 Å². The van der Waals surface area contributed by atoms with Gasteiger partial charge in [-0.3, -0.25) is 0 Å². The van der Waals surface area contributed by atoms with E-state index in [0.717, 1.165) is 12.1 Å². The lowest BCUT2D eigenvalue weighted by molar-refractivity contribution is -0.122. The molecule has 1 rings (SSSR count). The highest BCUT2D eigenvalue weighted by atomic mass is 32.1. The van der Waals surface area contributed by atoms with Gasteiger partial charge in [0, 0.05) is 5.56 Å². The van der Waals surface area contributed by atoms with E-state index in [1.807, 2.05) is 5.32 Å². The van der Waals surface area contributed by atoms with Crippen LogP contribution in [0.2, 0.25) is 0 Å². The largest absolute Gasteiger partial charge is 0.405 e. The number of hydrogen-bond donors (Lipinski definition) is 3. The molecule has 1 aromatic rings. The number of thiocarbonyl (C=S) groups is 1. The van der Waals surface area contributed by atoms with Crippen molar-refractivity contribution in [3.8, 4) is 0 Å². The summed E-state index contributed by atoms with van der Waals surface area (Å²) in [6, 6.07) is 2.29. The summed E-state index contributed by atoms with van der Waals surface area (Å²) in [4.78, 5) is 11.1. The van der Waals surface area contributed by atoms with Crippen LogP contribution in [0.1, 0.15) is 5.56 Å². The molecule has 0 unspecified atom stereocenters. The molecule has 0 spiro atoms. The van der Waals surface area contributed by atoms with E-state index in [4.69, 9.17) is 5.73 Å². The normalized spacial score (nSPS) is 10.9. The highest BCUT2D eigenvalue weighted by Crippen LogP contribution is 2.16. The second-order valence-electron chi connectivity index (χ2n) is 3.48. The number of halogens is 4. The van der Waals surface area contributed by atoms with Crippen molar-refractivity contribution in [2.45, 2.75) is 6.18 Å². The van der Waals surface area contributed by atoms with E-state index in [1.165, 1.54) is 6.07 Å². The number of benzene rings is 1. The number of anilines is 1. The lowest BCUT2D eigenvalue weighted by atomic mass is 10.2. The van der Waals surface area contributed by atoms with Crippen LogP contribution in [0, 0.1) is 5.82 Å². The summed E-state index contributed by atoms with van der Waals surface area (Å²) in [5.41, 5.74) is 5.24. The Kier molecular flexibility index (Phi) is 4.65. The van der Waals surface area contributed by atoms with E-state index in [-0.39, 0.29) is 16.2 Å². The van der Waals surface area contributed by atoms with Gasteiger partial charge in [0.05, 0.1) is 5.69 Å². The third-order valence-corrected chi connectivity index (χ3v) is 2.19. The van der Waals surface area contributed by atoms with Gasteiger partial charge in [0.1, 0.15) is 17.4 Å². The van der Waals surface area contributed by atoms with Gasteiger partial charge in [0.2, 0.25) is 0 Å². The standard InChI is InChI=1S/C10H9F4N3OS/c11-6-3-5(8(15)19)1-2-7(6)17-9(18)16-4-10(12,13)14/h1-3H,4H2,(H2,15,19)(H2,16,17,18). The van der Waals surface area contributed by atoms with Crippen molar-refractivity contribution < 1.29 is 22.4 Å². The molecule has 0 aromatic heterocycles. The van der Waals surface area contributed by atoms with Crippen LogP contribution in [-0.4, -0.2) is 23.7 Å². The Labute approximate surface area is 111 Å². The van der Waals surface area contributed by atoms with Crippen molar-refractivity contribution in [3.63, 3.8) is 0 Å². The zero-order chi connectivity index (χ0) is 14.6. The molecule has 1 aromatic carbocycles. The summed E-state index contributed by atoms with van der Waals surface area (Å²) < 4.78 is 49.0. The van der Waals surface area contributed by atoms with Crippen molar-refractivity contribution in [3.05, 3.63) is 29.6 Å². The Bertz CT molecular complexity index is 504. The molecule has 0 aliphatic carbocycles. The summed E-state index contributed by atoms with van der Waals surface area (Å²) in [5, 5.41) is 3.48. The average Bonchev–Trinajstić information content (AvgIpc) is 2.28. The van der Waals surface area contributed by atoms with Crippen molar-refractivity contribution in [1.82, 2.24) is 5.32 Å². The first-order valence-electron chi connectivity index (χ1n) is 4.90. The molecule has 0 saturated carbocycles. The maximum Gasteiger partial charge on any atom is 0.405 e. The SMILES string of the molecule is NC(=S)c1ccc(NC(=O)NCC(F)(F)F)c(F)c1. The molecule has 4 nitrogen and oxygen atoms in total. The second kappa shape index (κ2) is 5.83. The minimum Gasteiger partial charge on any atom is -0.389 e. The van der Waals surface area contributed by atoms with Crippen LogP contribution in [0.5, 0.6) is 0 Å². The molecule has 4 N–H and O–H groups in total. The Balaban J connectivity index is 2.67. The van der Waals surface area contributed by atoms with Gasteiger partial charge < -0.3 is 16.4 Å². The number of hydrogen-bond acceptors (Lipinski definition) is 2. The van der Waals surface area contributed by atoms with Gasteiger partial charge in [-0.2, -0.15) is 13.2 Å². The summed E-state index contributed by atoms with van der Waals surface area (Å²) in [6.45, 7) is -1.51. The van der Waals surface area contributed by atoms with Gasteiger partial charge in [-0.05, 0) is 18.2 Å². The minimum atomic E-state index is -4.54. The van der Waals surface area contributed by atoms with Gasteiger partial charge in [0.15, 0.2) is 0 Å². The first-order valence-corrected chi connectivity index (χ1v) is 5.31. The monoisotopic (exact) mass is 295 g/mol. The van der Waals surface area contributed by atoms with Crippen LogP contribution in [0.15, 0.2) is 18.2 Å². The van der Waals surface area contributed by atoms with Crippen LogP contribution < -0.4 is 16.4 Å². The Hall–Kier alpha value is -1.90. The maximum absolute atomic E-state index is 13.5. The van der Waals surface area contributed by atoms with Crippen LogP contribution in [0.4, 0.5) is 28.0 Å². The van der Waals surface area contributed by atoms with Crippen LogP contribution in [0.25, 0.3) is 0 Å². The van der Waals surface area contributed by atoms with Crippen molar-refractivity contribution in [2.75, 3.05) is 11.9 Å². The van der Waals surface area contributed by atoms with Gasteiger partial charge in [0.25, 0.3) is 0 Å². The maximum atomic E-state index is 13.5. The van der Waals surface area contributed by atoms with E-state index in [0.29, 0.717) is 0 Å². The Morgan fingerprint density at radius 3 is 2.47 bits per heavy atom. The number of amides is 2.